The van der Waals surface area contributed by atoms with E-state index in [2.05, 4.69) is 5.43 Å². The van der Waals surface area contributed by atoms with E-state index in [-0.39, 0.29) is 5.69 Å². The fourth-order valence-corrected chi connectivity index (χ4v) is 1.74. The van der Waals surface area contributed by atoms with Crippen molar-refractivity contribution in [1.29, 1.82) is 0 Å². The summed E-state index contributed by atoms with van der Waals surface area (Å²) in [7, 11) is 0. The van der Waals surface area contributed by atoms with Crippen LogP contribution in [-0.4, -0.2) is 11.5 Å². The van der Waals surface area contributed by atoms with Crippen molar-refractivity contribution in [2.24, 2.45) is 5.84 Å². The molecule has 0 aliphatic carbocycles. The minimum Gasteiger partial charge on any atom is -0.494 e. The van der Waals surface area contributed by atoms with E-state index in [1.54, 1.807) is 30.3 Å². The van der Waals surface area contributed by atoms with Gasteiger partial charge in [0.25, 0.3) is 5.69 Å². The second-order valence-corrected chi connectivity index (χ2v) is 4.12. The van der Waals surface area contributed by atoms with Gasteiger partial charge in [-0.3, -0.25) is 16.0 Å². The van der Waals surface area contributed by atoms with Gasteiger partial charge in [-0.05, 0) is 31.2 Å². The van der Waals surface area contributed by atoms with Gasteiger partial charge < -0.3 is 14.9 Å². The Kier molecular flexibility index (Phi) is 4.57. The summed E-state index contributed by atoms with van der Waals surface area (Å²) in [5, 5.41) is 10.9. The summed E-state index contributed by atoms with van der Waals surface area (Å²) in [5.41, 5.74) is 2.66. The van der Waals surface area contributed by atoms with Crippen LogP contribution in [-0.2, 0) is 0 Å². The van der Waals surface area contributed by atoms with Crippen LogP contribution < -0.4 is 20.7 Å². The van der Waals surface area contributed by atoms with Gasteiger partial charge in [-0.25, -0.2) is 0 Å². The quantitative estimate of drug-likeness (QED) is 0.481. The first-order valence-corrected chi connectivity index (χ1v) is 6.29. The Morgan fingerprint density at radius 1 is 1.14 bits per heavy atom. The molecule has 0 amide bonds. The Morgan fingerprint density at radius 3 is 2.38 bits per heavy atom. The number of hydrazine groups is 1. The number of nitro benzene ring substituents is 1. The minimum absolute atomic E-state index is 0.105. The minimum atomic E-state index is -0.508. The van der Waals surface area contributed by atoms with Crippen molar-refractivity contribution in [3.8, 4) is 17.2 Å². The van der Waals surface area contributed by atoms with Gasteiger partial charge in [0, 0.05) is 12.1 Å². The van der Waals surface area contributed by atoms with Crippen molar-refractivity contribution in [3.05, 3.63) is 52.6 Å². The summed E-state index contributed by atoms with van der Waals surface area (Å²) in [6, 6.07) is 11.2. The highest BCUT2D eigenvalue weighted by Crippen LogP contribution is 2.30. The number of non-ortho nitro benzene ring substituents is 1. The number of nitrogens with two attached hydrogens (primary N) is 1. The van der Waals surface area contributed by atoms with Crippen molar-refractivity contribution in [3.63, 3.8) is 0 Å². The lowest BCUT2D eigenvalue weighted by molar-refractivity contribution is -0.384. The average Bonchev–Trinajstić information content (AvgIpc) is 2.49. The Labute approximate surface area is 121 Å². The topological polar surface area (TPSA) is 99.7 Å². The third-order valence-corrected chi connectivity index (χ3v) is 2.64. The Morgan fingerprint density at radius 2 is 1.81 bits per heavy atom. The normalized spacial score (nSPS) is 10.0. The highest BCUT2D eigenvalue weighted by molar-refractivity contribution is 5.56. The lowest BCUT2D eigenvalue weighted by atomic mass is 10.2. The van der Waals surface area contributed by atoms with Crippen molar-refractivity contribution in [2.75, 3.05) is 12.0 Å². The number of ether oxygens (including phenoxy) is 2. The van der Waals surface area contributed by atoms with Crippen molar-refractivity contribution >= 4 is 11.4 Å². The van der Waals surface area contributed by atoms with Gasteiger partial charge in [-0.15, -0.1) is 0 Å². The summed E-state index contributed by atoms with van der Waals surface area (Å²) in [6.45, 7) is 2.48. The molecule has 0 radical (unpaired) electrons. The van der Waals surface area contributed by atoms with E-state index in [1.165, 1.54) is 12.1 Å². The highest BCUT2D eigenvalue weighted by Gasteiger charge is 2.11. The maximum Gasteiger partial charge on any atom is 0.275 e. The van der Waals surface area contributed by atoms with Crippen LogP contribution in [0, 0.1) is 10.1 Å². The molecule has 7 heteroatoms. The highest BCUT2D eigenvalue weighted by atomic mass is 16.6. The molecule has 2 aromatic rings. The third-order valence-electron chi connectivity index (χ3n) is 2.64. The molecule has 0 saturated heterocycles. The second-order valence-electron chi connectivity index (χ2n) is 4.12. The van der Waals surface area contributed by atoms with Crippen LogP contribution in [0.4, 0.5) is 11.4 Å². The van der Waals surface area contributed by atoms with E-state index in [0.29, 0.717) is 23.8 Å². The molecule has 0 atom stereocenters. The number of nitrogens with zero attached hydrogens (tertiary/aromatic N) is 1. The molecule has 110 valence electrons. The van der Waals surface area contributed by atoms with Gasteiger partial charge >= 0.3 is 0 Å². The van der Waals surface area contributed by atoms with Gasteiger partial charge in [0.05, 0.1) is 23.3 Å². The summed E-state index contributed by atoms with van der Waals surface area (Å²) < 4.78 is 10.9. The molecule has 7 nitrogen and oxygen atoms in total. The number of nitrogens with one attached hydrogen (secondary N) is 1. The Balaban J connectivity index is 2.21. The molecule has 0 unspecified atom stereocenters. The summed E-state index contributed by atoms with van der Waals surface area (Å²) in [6.07, 6.45) is 0. The van der Waals surface area contributed by atoms with E-state index < -0.39 is 4.92 Å². The SMILES string of the molecule is CCOc1ccc(Oc2cc(NN)cc([N+](=O)[O-])c2)cc1. The lowest BCUT2D eigenvalue weighted by Gasteiger charge is -2.09. The first kappa shape index (κ1) is 14.6. The zero-order valence-corrected chi connectivity index (χ0v) is 11.4. The maximum atomic E-state index is 10.9. The predicted molar refractivity (Wildman–Crippen MR) is 78.6 cm³/mol. The van der Waals surface area contributed by atoms with Crippen LogP contribution in [0.15, 0.2) is 42.5 Å². The first-order valence-electron chi connectivity index (χ1n) is 6.29. The number of anilines is 1. The van der Waals surface area contributed by atoms with E-state index >= 15 is 0 Å². The number of benzene rings is 2. The molecule has 0 heterocycles. The van der Waals surface area contributed by atoms with Crippen LogP contribution in [0.1, 0.15) is 6.92 Å². The summed E-state index contributed by atoms with van der Waals surface area (Å²) in [4.78, 5) is 10.3. The van der Waals surface area contributed by atoms with E-state index in [4.69, 9.17) is 15.3 Å². The average molecular weight is 289 g/mol. The molecule has 0 bridgehead atoms. The standard InChI is InChI=1S/C14H15N3O4/c1-2-20-12-3-5-13(6-4-12)21-14-8-10(16-15)7-11(9-14)17(18)19/h3-9,16H,2,15H2,1H3. The largest absolute Gasteiger partial charge is 0.494 e. The third kappa shape index (κ3) is 3.83. The van der Waals surface area contributed by atoms with Crippen LogP contribution >= 0.6 is 0 Å². The zero-order chi connectivity index (χ0) is 15.2. The molecule has 2 rings (SSSR count). The van der Waals surface area contributed by atoms with Gasteiger partial charge in [0.2, 0.25) is 0 Å². The molecule has 21 heavy (non-hydrogen) atoms. The predicted octanol–water partition coefficient (Wildman–Crippen LogP) is 3.07. The smallest absolute Gasteiger partial charge is 0.275 e. The fourth-order valence-electron chi connectivity index (χ4n) is 1.74. The molecule has 0 aromatic heterocycles. The fraction of sp³-hybridized carbons (Fsp3) is 0.143. The van der Waals surface area contributed by atoms with Gasteiger partial charge in [-0.2, -0.15) is 0 Å². The molecule has 0 aliphatic rings. The number of hydrogen-bond donors (Lipinski definition) is 2. The Bertz CT molecular complexity index is 629. The summed E-state index contributed by atoms with van der Waals surface area (Å²) >= 11 is 0. The maximum absolute atomic E-state index is 10.9. The van der Waals surface area contributed by atoms with E-state index in [9.17, 15) is 10.1 Å². The van der Waals surface area contributed by atoms with Gasteiger partial charge in [0.15, 0.2) is 0 Å². The molecular formula is C14H15N3O4. The van der Waals surface area contributed by atoms with E-state index in [1.807, 2.05) is 6.92 Å². The second kappa shape index (κ2) is 6.58. The first-order chi connectivity index (χ1) is 10.1. The number of nitro groups is 1. The van der Waals surface area contributed by atoms with Gasteiger partial charge in [-0.1, -0.05) is 0 Å². The van der Waals surface area contributed by atoms with Crippen molar-refractivity contribution in [1.82, 2.24) is 0 Å². The van der Waals surface area contributed by atoms with Crippen LogP contribution in [0.25, 0.3) is 0 Å². The number of nitrogen functional groups attached to an aromatic ring is 1. The Hall–Kier alpha value is -2.80. The molecular weight excluding hydrogens is 274 g/mol. The zero-order valence-electron chi connectivity index (χ0n) is 11.4. The number of hydrogen-bond acceptors (Lipinski definition) is 6. The summed E-state index contributed by atoms with van der Waals surface area (Å²) in [5.74, 6) is 6.88. The van der Waals surface area contributed by atoms with Crippen LogP contribution in [0.5, 0.6) is 17.2 Å². The molecule has 0 fully saturated rings. The van der Waals surface area contributed by atoms with Crippen molar-refractivity contribution < 1.29 is 14.4 Å². The van der Waals surface area contributed by atoms with Crippen LogP contribution in [0.2, 0.25) is 0 Å². The lowest BCUT2D eigenvalue weighted by Crippen LogP contribution is -2.07. The molecule has 3 N–H and O–H groups in total. The monoisotopic (exact) mass is 289 g/mol. The number of rotatable bonds is 6. The molecule has 0 aliphatic heterocycles. The molecule has 0 saturated carbocycles. The molecule has 0 spiro atoms. The van der Waals surface area contributed by atoms with Crippen molar-refractivity contribution in [2.45, 2.75) is 6.92 Å². The van der Waals surface area contributed by atoms with Crippen LogP contribution in [0.3, 0.4) is 0 Å². The van der Waals surface area contributed by atoms with E-state index in [0.717, 1.165) is 5.75 Å². The van der Waals surface area contributed by atoms with Gasteiger partial charge in [0.1, 0.15) is 17.2 Å². The molecule has 2 aromatic carbocycles.